The van der Waals surface area contributed by atoms with Crippen LogP contribution in [0, 0.1) is 0 Å². The van der Waals surface area contributed by atoms with Gasteiger partial charge >= 0.3 is 13.8 Å². The molecule has 0 amide bonds. The van der Waals surface area contributed by atoms with Gasteiger partial charge < -0.3 is 30.7 Å². The predicted molar refractivity (Wildman–Crippen MR) is 60.8 cm³/mol. The molecule has 0 rings (SSSR count). The molecule has 8 N–H and O–H groups in total. The van der Waals surface area contributed by atoms with Crippen molar-refractivity contribution in [3.05, 3.63) is 0 Å². The molecule has 12 heteroatoms. The Labute approximate surface area is 112 Å². The zero-order chi connectivity index (χ0) is 16.3. The number of phosphoric ester groups is 1. The summed E-state index contributed by atoms with van der Waals surface area (Å²) in [6.45, 7) is -0.331. The quantitative estimate of drug-likeness (QED) is 0.178. The van der Waals surface area contributed by atoms with Crippen molar-refractivity contribution in [3.8, 4) is 0 Å². The molecule has 11 nitrogen and oxygen atoms in total. The first-order valence-corrected chi connectivity index (χ1v) is 6.65. The number of rotatable bonds is 7. The van der Waals surface area contributed by atoms with Gasteiger partial charge in [0.15, 0.2) is 5.78 Å². The predicted octanol–water partition coefficient (Wildman–Crippen LogP) is -4.02. The fourth-order valence-corrected chi connectivity index (χ4v) is 1.61. The zero-order valence-electron chi connectivity index (χ0n) is 10.3. The molecule has 0 unspecified atom stereocenters. The summed E-state index contributed by atoms with van der Waals surface area (Å²) in [7, 11) is -5.34. The summed E-state index contributed by atoms with van der Waals surface area (Å²) in [6, 6.07) is 0. The third kappa shape index (κ3) is 4.30. The highest BCUT2D eigenvalue weighted by Crippen LogP contribution is 2.38. The maximum absolute atomic E-state index is 11.5. The van der Waals surface area contributed by atoms with Crippen molar-refractivity contribution in [3.63, 3.8) is 0 Å². The number of ketones is 1. The maximum Gasteiger partial charge on any atom is 0.527 e. The van der Waals surface area contributed by atoms with Gasteiger partial charge in [-0.2, -0.15) is 0 Å². The normalized spacial score (nSPS) is 19.6. The Morgan fingerprint density at radius 3 is 2.05 bits per heavy atom. The lowest BCUT2D eigenvalue weighted by Crippen LogP contribution is -2.67. The van der Waals surface area contributed by atoms with Crippen LogP contribution in [0.4, 0.5) is 0 Å². The second-order valence-electron chi connectivity index (χ2n) is 3.98. The number of hydrogen-bond acceptors (Lipinski definition) is 9. The average molecular weight is 317 g/mol. The van der Waals surface area contributed by atoms with Gasteiger partial charge in [-0.15, -0.1) is 0 Å². The minimum absolute atomic E-state index is 0.697. The van der Waals surface area contributed by atoms with Crippen LogP contribution in [0.15, 0.2) is 0 Å². The van der Waals surface area contributed by atoms with Gasteiger partial charge in [0.05, 0.1) is 6.61 Å². The van der Waals surface area contributed by atoms with Crippen molar-refractivity contribution in [1.82, 2.24) is 0 Å². The molecule has 4 atom stereocenters. The number of Topliss-reactive ketones (excluding diaryl/α,β-unsaturated/α-hetero) is 1. The van der Waals surface area contributed by atoms with E-state index in [1.807, 2.05) is 0 Å². The molecule has 0 spiro atoms. The Kier molecular flexibility index (Phi) is 6.39. The monoisotopic (exact) mass is 317 g/mol. The van der Waals surface area contributed by atoms with Gasteiger partial charge in [-0.05, 0) is 6.92 Å². The molecular formula is C8H16NO10P. The van der Waals surface area contributed by atoms with E-state index in [4.69, 9.17) is 25.7 Å². The van der Waals surface area contributed by atoms with Crippen LogP contribution >= 0.6 is 7.82 Å². The second-order valence-corrected chi connectivity index (χ2v) is 5.14. The van der Waals surface area contributed by atoms with E-state index in [1.54, 1.807) is 0 Å². The highest BCUT2D eigenvalue weighted by Gasteiger charge is 2.53. The maximum atomic E-state index is 11.5. The lowest BCUT2D eigenvalue weighted by Gasteiger charge is -2.33. The molecule has 0 aromatic rings. The SMILES string of the molecule is CC(=O)[C@](N)(C(=O)OP(=O)(O)O)[C@@H](O)[C@@H](O)[C@H](O)CO. The van der Waals surface area contributed by atoms with E-state index in [9.17, 15) is 24.4 Å². The number of nitrogens with two attached hydrogens (primary N) is 1. The van der Waals surface area contributed by atoms with Crippen LogP contribution in [0.5, 0.6) is 0 Å². The first kappa shape index (κ1) is 19.1. The van der Waals surface area contributed by atoms with Crippen LogP contribution in [0.3, 0.4) is 0 Å². The Hall–Kier alpha value is -0.910. The first-order valence-electron chi connectivity index (χ1n) is 5.12. The lowest BCUT2D eigenvalue weighted by molar-refractivity contribution is -0.161. The van der Waals surface area contributed by atoms with Gasteiger partial charge in [-0.1, -0.05) is 0 Å². The number of aliphatic hydroxyl groups is 4. The van der Waals surface area contributed by atoms with Crippen LogP contribution in [0.2, 0.25) is 0 Å². The smallest absolute Gasteiger partial charge is 0.394 e. The Morgan fingerprint density at radius 2 is 1.75 bits per heavy atom. The van der Waals surface area contributed by atoms with Crippen molar-refractivity contribution in [2.24, 2.45) is 5.73 Å². The summed E-state index contributed by atoms with van der Waals surface area (Å²) < 4.78 is 14.2. The molecule has 0 aromatic heterocycles. The molecule has 0 heterocycles. The molecule has 0 aliphatic rings. The van der Waals surface area contributed by atoms with Crippen molar-refractivity contribution in [1.29, 1.82) is 0 Å². The van der Waals surface area contributed by atoms with Gasteiger partial charge in [0.2, 0.25) is 5.54 Å². The minimum atomic E-state index is -5.34. The van der Waals surface area contributed by atoms with Gasteiger partial charge in [-0.3, -0.25) is 14.6 Å². The lowest BCUT2D eigenvalue weighted by atomic mass is 9.84. The van der Waals surface area contributed by atoms with E-state index in [2.05, 4.69) is 4.52 Å². The van der Waals surface area contributed by atoms with E-state index in [0.717, 1.165) is 0 Å². The molecule has 0 aliphatic carbocycles. The summed E-state index contributed by atoms with van der Waals surface area (Å²) in [5.74, 6) is -3.28. The molecule has 0 bridgehead atoms. The van der Waals surface area contributed by atoms with Gasteiger partial charge in [0.25, 0.3) is 0 Å². The van der Waals surface area contributed by atoms with E-state index in [-0.39, 0.29) is 0 Å². The Bertz CT molecular complexity index is 421. The number of phosphoric acid groups is 1. The van der Waals surface area contributed by atoms with Crippen molar-refractivity contribution in [2.45, 2.75) is 30.8 Å². The van der Waals surface area contributed by atoms with Crippen LogP contribution < -0.4 is 5.73 Å². The van der Waals surface area contributed by atoms with E-state index >= 15 is 0 Å². The van der Waals surface area contributed by atoms with Crippen LogP contribution in [0.1, 0.15) is 6.92 Å². The molecule has 0 fully saturated rings. The number of carbonyl (C=O) groups is 2. The molecular weight excluding hydrogens is 301 g/mol. The molecule has 0 aromatic carbocycles. The highest BCUT2D eigenvalue weighted by molar-refractivity contribution is 7.46. The largest absolute Gasteiger partial charge is 0.527 e. The van der Waals surface area contributed by atoms with Crippen LogP contribution in [-0.4, -0.2) is 72.4 Å². The van der Waals surface area contributed by atoms with Crippen molar-refractivity contribution >= 4 is 19.6 Å². The number of hydrogen-bond donors (Lipinski definition) is 7. The van der Waals surface area contributed by atoms with E-state index in [1.165, 1.54) is 0 Å². The van der Waals surface area contributed by atoms with Crippen molar-refractivity contribution < 1.29 is 48.9 Å². The van der Waals surface area contributed by atoms with Gasteiger partial charge in [0, 0.05) is 0 Å². The van der Waals surface area contributed by atoms with Gasteiger partial charge in [-0.25, -0.2) is 9.36 Å². The fraction of sp³-hybridized carbons (Fsp3) is 0.750. The summed E-state index contributed by atoms with van der Waals surface area (Å²) in [5, 5.41) is 36.8. The second kappa shape index (κ2) is 6.70. The van der Waals surface area contributed by atoms with Gasteiger partial charge in [0.1, 0.15) is 18.3 Å². The minimum Gasteiger partial charge on any atom is -0.394 e. The summed E-state index contributed by atoms with van der Waals surface area (Å²) in [5.41, 5.74) is 2.23. The summed E-state index contributed by atoms with van der Waals surface area (Å²) >= 11 is 0. The van der Waals surface area contributed by atoms with Crippen molar-refractivity contribution in [2.75, 3.05) is 6.61 Å². The highest BCUT2D eigenvalue weighted by atomic mass is 31.2. The average Bonchev–Trinajstić information content (AvgIpc) is 2.32. The molecule has 0 aliphatic heterocycles. The van der Waals surface area contributed by atoms with E-state index < -0.39 is 50.0 Å². The van der Waals surface area contributed by atoms with Crippen LogP contribution in [-0.2, 0) is 18.7 Å². The summed E-state index contributed by atoms with van der Waals surface area (Å²) in [4.78, 5) is 39.8. The third-order valence-corrected chi connectivity index (χ3v) is 2.90. The molecule has 20 heavy (non-hydrogen) atoms. The third-order valence-electron chi connectivity index (χ3n) is 2.49. The zero-order valence-corrected chi connectivity index (χ0v) is 11.2. The molecule has 0 radical (unpaired) electrons. The molecule has 0 saturated heterocycles. The summed E-state index contributed by atoms with van der Waals surface area (Å²) in [6.07, 6.45) is -6.66. The Balaban J connectivity index is 5.45. The molecule has 0 saturated carbocycles. The van der Waals surface area contributed by atoms with Crippen LogP contribution in [0.25, 0.3) is 0 Å². The molecule has 118 valence electrons. The number of aliphatic hydroxyl groups excluding tert-OH is 4. The standard InChI is InChI=1S/C8H16NO10P/c1-3(11)8(9,7(15)19-20(16,17)18)6(14)5(13)4(12)2-10/h4-6,10,12-14H,2,9H2,1H3,(H2,16,17,18)/t4-,5+,6+,8-/m1/s1. The van der Waals surface area contributed by atoms with E-state index in [0.29, 0.717) is 6.92 Å². The Morgan fingerprint density at radius 1 is 1.30 bits per heavy atom. The number of carbonyl (C=O) groups excluding carboxylic acids is 2. The first-order chi connectivity index (χ1) is 8.87. The topological polar surface area (TPSA) is 208 Å². The fourth-order valence-electron chi connectivity index (χ4n) is 1.24.